The minimum Gasteiger partial charge on any atom is -0.461 e. The third kappa shape index (κ3) is 4.60. The van der Waals surface area contributed by atoms with E-state index < -0.39 is 17.9 Å². The third-order valence-electron chi connectivity index (χ3n) is 8.81. The zero-order chi connectivity index (χ0) is 27.5. The van der Waals surface area contributed by atoms with Crippen LogP contribution in [0.5, 0.6) is 11.8 Å². The molecule has 4 aliphatic rings. The highest BCUT2D eigenvalue weighted by Gasteiger charge is 2.45. The first-order valence-electron chi connectivity index (χ1n) is 13.9. The Balaban J connectivity index is 1.31. The lowest BCUT2D eigenvalue weighted by Gasteiger charge is -2.34. The van der Waals surface area contributed by atoms with E-state index in [-0.39, 0.29) is 28.3 Å². The first kappa shape index (κ1) is 25.7. The highest BCUT2D eigenvalue weighted by Crippen LogP contribution is 2.41. The van der Waals surface area contributed by atoms with Gasteiger partial charge < -0.3 is 19.7 Å². The topological polar surface area (TPSA) is 75.6 Å². The fraction of sp³-hybridized carbons (Fsp3) is 0.536. The van der Waals surface area contributed by atoms with Crippen molar-refractivity contribution < 1.29 is 27.0 Å². The van der Waals surface area contributed by atoms with Crippen LogP contribution in [0.3, 0.4) is 0 Å². The zero-order valence-corrected chi connectivity index (χ0v) is 21.9. The van der Waals surface area contributed by atoms with E-state index in [4.69, 9.17) is 9.72 Å². The quantitative estimate of drug-likeness (QED) is 0.438. The second-order valence-electron chi connectivity index (χ2n) is 11.3. The maximum Gasteiger partial charge on any atom is 0.573 e. The van der Waals surface area contributed by atoms with Crippen molar-refractivity contribution in [3.05, 3.63) is 36.3 Å². The third-order valence-corrected chi connectivity index (χ3v) is 8.81. The first-order valence-corrected chi connectivity index (χ1v) is 13.9. The minimum atomic E-state index is -4.94. The van der Waals surface area contributed by atoms with Crippen LogP contribution in [0.25, 0.3) is 22.2 Å². The monoisotopic (exact) mass is 558 g/mol. The van der Waals surface area contributed by atoms with Crippen molar-refractivity contribution in [2.45, 2.75) is 62.5 Å². The van der Waals surface area contributed by atoms with Crippen LogP contribution < -0.4 is 19.7 Å². The molecule has 2 bridgehead atoms. The van der Waals surface area contributed by atoms with Gasteiger partial charge in [-0.25, -0.2) is 4.39 Å². The molecule has 7 rings (SSSR count). The standard InChI is InChI=1S/C28H30F4N6O2/c29-22-23(19-5-1-2-6-21(19)40-28(30,31)32)33-13-20-24(22)35-26(39-16-27-9-3-11-38(27)12-4-10-27)36-25(20)37-14-17-7-8-18(15-37)34-17/h1-2,5-6,13,17-18,34H,3-4,7-12,14-16H2. The maximum absolute atomic E-state index is 16.2. The highest BCUT2D eigenvalue weighted by atomic mass is 19.4. The Morgan fingerprint density at radius 2 is 1.75 bits per heavy atom. The SMILES string of the molecule is Fc1c(-c2ccccc2OC(F)(F)F)ncc2c(N3CC4CCC(C3)N4)nc(OCC34CCCN3CCC4)nc12. The Bertz CT molecular complexity index is 1410. The van der Waals surface area contributed by atoms with Crippen LogP contribution in [-0.2, 0) is 0 Å². The molecule has 4 fully saturated rings. The molecule has 0 saturated carbocycles. The summed E-state index contributed by atoms with van der Waals surface area (Å²) in [5, 5.41) is 3.98. The molecule has 8 nitrogen and oxygen atoms in total. The molecular formula is C28H30F4N6O2. The van der Waals surface area contributed by atoms with Crippen LogP contribution in [0, 0.1) is 5.82 Å². The average molecular weight is 559 g/mol. The van der Waals surface area contributed by atoms with E-state index in [0.29, 0.717) is 43.0 Å². The van der Waals surface area contributed by atoms with E-state index in [0.717, 1.165) is 57.7 Å². The summed E-state index contributed by atoms with van der Waals surface area (Å²) in [7, 11) is 0. The van der Waals surface area contributed by atoms with E-state index in [1.54, 1.807) is 0 Å². The number of pyridine rings is 1. The number of ether oxygens (including phenoxy) is 2. The molecule has 0 spiro atoms. The van der Waals surface area contributed by atoms with Gasteiger partial charge >= 0.3 is 12.4 Å². The normalized spacial score (nSPS) is 24.1. The Morgan fingerprint density at radius 3 is 2.48 bits per heavy atom. The lowest BCUT2D eigenvalue weighted by Crippen LogP contribution is -2.51. The Kier molecular flexibility index (Phi) is 6.23. The predicted octanol–water partition coefficient (Wildman–Crippen LogP) is 4.68. The summed E-state index contributed by atoms with van der Waals surface area (Å²) in [5.41, 5.74) is -0.485. The van der Waals surface area contributed by atoms with Crippen molar-refractivity contribution >= 4 is 16.7 Å². The molecule has 4 aliphatic heterocycles. The van der Waals surface area contributed by atoms with Crippen LogP contribution >= 0.6 is 0 Å². The van der Waals surface area contributed by atoms with Crippen LogP contribution in [0.1, 0.15) is 38.5 Å². The second-order valence-corrected chi connectivity index (χ2v) is 11.3. The molecule has 0 aliphatic carbocycles. The van der Waals surface area contributed by atoms with E-state index in [1.165, 1.54) is 24.4 Å². The molecule has 0 amide bonds. The van der Waals surface area contributed by atoms with Crippen molar-refractivity contribution in [2.24, 2.45) is 0 Å². The first-order chi connectivity index (χ1) is 19.3. The number of nitrogens with zero attached hydrogens (tertiary/aromatic N) is 5. The summed E-state index contributed by atoms with van der Waals surface area (Å²) >= 11 is 0. The Hall–Kier alpha value is -3.25. The Morgan fingerprint density at radius 1 is 1.02 bits per heavy atom. The van der Waals surface area contributed by atoms with Gasteiger partial charge in [-0.1, -0.05) is 12.1 Å². The number of hydrogen-bond donors (Lipinski definition) is 1. The molecule has 2 unspecified atom stereocenters. The lowest BCUT2D eigenvalue weighted by molar-refractivity contribution is -0.274. The van der Waals surface area contributed by atoms with Crippen molar-refractivity contribution in [2.75, 3.05) is 37.7 Å². The summed E-state index contributed by atoms with van der Waals surface area (Å²) < 4.78 is 65.9. The summed E-state index contributed by atoms with van der Waals surface area (Å²) in [6, 6.07) is 6.07. The van der Waals surface area contributed by atoms with Gasteiger partial charge in [0.05, 0.1) is 10.9 Å². The van der Waals surface area contributed by atoms with Gasteiger partial charge in [0.25, 0.3) is 0 Å². The van der Waals surface area contributed by atoms with Gasteiger partial charge in [0.2, 0.25) is 0 Å². The van der Waals surface area contributed by atoms with E-state index in [9.17, 15) is 13.2 Å². The van der Waals surface area contributed by atoms with E-state index in [1.807, 2.05) is 0 Å². The number of fused-ring (bicyclic) bond motifs is 4. The zero-order valence-electron chi connectivity index (χ0n) is 21.9. The molecular weight excluding hydrogens is 528 g/mol. The summed E-state index contributed by atoms with van der Waals surface area (Å²) in [6.07, 6.45) is 2.90. The van der Waals surface area contributed by atoms with Crippen molar-refractivity contribution in [3.63, 3.8) is 0 Å². The molecule has 6 heterocycles. The number of aromatic nitrogens is 3. The summed E-state index contributed by atoms with van der Waals surface area (Å²) in [4.78, 5) is 18.1. The van der Waals surface area contributed by atoms with Crippen LogP contribution in [0.2, 0.25) is 0 Å². The van der Waals surface area contributed by atoms with Crippen molar-refractivity contribution in [1.82, 2.24) is 25.2 Å². The van der Waals surface area contributed by atoms with E-state index >= 15 is 4.39 Å². The molecule has 40 heavy (non-hydrogen) atoms. The van der Waals surface area contributed by atoms with Gasteiger partial charge in [0, 0.05) is 36.9 Å². The van der Waals surface area contributed by atoms with Crippen LogP contribution in [0.4, 0.5) is 23.4 Å². The predicted molar refractivity (Wildman–Crippen MR) is 140 cm³/mol. The summed E-state index contributed by atoms with van der Waals surface area (Å²) in [6.45, 7) is 3.89. The van der Waals surface area contributed by atoms with Gasteiger partial charge in [-0.05, 0) is 63.7 Å². The van der Waals surface area contributed by atoms with Crippen molar-refractivity contribution in [3.8, 4) is 23.0 Å². The van der Waals surface area contributed by atoms with Gasteiger partial charge in [0.15, 0.2) is 5.82 Å². The molecule has 4 saturated heterocycles. The van der Waals surface area contributed by atoms with Crippen LogP contribution in [0.15, 0.2) is 30.5 Å². The number of halogens is 4. The minimum absolute atomic E-state index is 0.0371. The molecule has 1 N–H and O–H groups in total. The van der Waals surface area contributed by atoms with Gasteiger partial charge in [-0.2, -0.15) is 9.97 Å². The molecule has 2 aromatic heterocycles. The molecule has 2 atom stereocenters. The van der Waals surface area contributed by atoms with Crippen LogP contribution in [-0.4, -0.2) is 76.6 Å². The van der Waals surface area contributed by atoms with Crippen molar-refractivity contribution in [1.29, 1.82) is 0 Å². The molecule has 3 aromatic rings. The molecule has 1 aromatic carbocycles. The smallest absolute Gasteiger partial charge is 0.461 e. The number of nitrogens with one attached hydrogen (secondary N) is 1. The summed E-state index contributed by atoms with van der Waals surface area (Å²) in [5.74, 6) is -0.848. The number of hydrogen-bond acceptors (Lipinski definition) is 8. The molecule has 12 heteroatoms. The fourth-order valence-corrected chi connectivity index (χ4v) is 7.02. The molecule has 212 valence electrons. The number of piperazine rings is 1. The number of alkyl halides is 3. The maximum atomic E-state index is 16.2. The Labute approximate surface area is 228 Å². The fourth-order valence-electron chi connectivity index (χ4n) is 7.02. The lowest BCUT2D eigenvalue weighted by atomic mass is 9.95. The van der Waals surface area contributed by atoms with E-state index in [2.05, 4.69) is 29.8 Å². The van der Waals surface area contributed by atoms with Gasteiger partial charge in [0.1, 0.15) is 29.4 Å². The average Bonchev–Trinajstić information content (AvgIpc) is 3.61. The largest absolute Gasteiger partial charge is 0.573 e. The highest BCUT2D eigenvalue weighted by molar-refractivity contribution is 5.92. The van der Waals surface area contributed by atoms with Gasteiger partial charge in [-0.15, -0.1) is 13.2 Å². The number of anilines is 1. The second kappa shape index (κ2) is 9.69. The number of para-hydroxylation sites is 1. The number of benzene rings is 1. The number of rotatable bonds is 6. The molecule has 0 radical (unpaired) electrons. The van der Waals surface area contributed by atoms with Gasteiger partial charge in [-0.3, -0.25) is 9.88 Å².